The summed E-state index contributed by atoms with van der Waals surface area (Å²) in [6.07, 6.45) is -5.08. The van der Waals surface area contributed by atoms with Gasteiger partial charge in [0.1, 0.15) is 5.60 Å². The molecule has 0 radical (unpaired) electrons. The predicted molar refractivity (Wildman–Crippen MR) is 78.8 cm³/mol. The summed E-state index contributed by atoms with van der Waals surface area (Å²) in [5.41, 5.74) is 0.755. The Morgan fingerprint density at radius 3 is 2.30 bits per heavy atom. The molecule has 1 rings (SSSR count). The van der Waals surface area contributed by atoms with Gasteiger partial charge in [0.15, 0.2) is 0 Å². The molecular formula is C15H23F3N2O3. The fourth-order valence-electron chi connectivity index (χ4n) is 2.55. The molecule has 0 spiro atoms. The van der Waals surface area contributed by atoms with Gasteiger partial charge in [0, 0.05) is 13.1 Å². The fourth-order valence-corrected chi connectivity index (χ4v) is 2.55. The van der Waals surface area contributed by atoms with Crippen LogP contribution < -0.4 is 5.32 Å². The highest BCUT2D eigenvalue weighted by Crippen LogP contribution is 2.26. The Bertz CT molecular complexity index is 507. The zero-order valence-electron chi connectivity index (χ0n) is 14.0. The van der Waals surface area contributed by atoms with Gasteiger partial charge in [-0.2, -0.15) is 13.2 Å². The maximum atomic E-state index is 12.6. The number of hydrogen-bond donors (Lipinski definition) is 1. The van der Waals surface area contributed by atoms with Gasteiger partial charge in [0.25, 0.3) is 0 Å². The fraction of sp³-hybridized carbons (Fsp3) is 0.733. The lowest BCUT2D eigenvalue weighted by atomic mass is 9.94. The van der Waals surface area contributed by atoms with E-state index in [-0.39, 0.29) is 13.1 Å². The van der Waals surface area contributed by atoms with Gasteiger partial charge in [-0.3, -0.25) is 4.79 Å². The normalized spacial score (nSPS) is 19.7. The predicted octanol–water partition coefficient (Wildman–Crippen LogP) is 3.01. The van der Waals surface area contributed by atoms with Crippen molar-refractivity contribution in [3.05, 3.63) is 11.1 Å². The van der Waals surface area contributed by atoms with Crippen molar-refractivity contribution in [2.75, 3.05) is 13.1 Å². The van der Waals surface area contributed by atoms with Crippen molar-refractivity contribution in [1.82, 2.24) is 10.2 Å². The molecule has 132 valence electrons. The van der Waals surface area contributed by atoms with Crippen LogP contribution in [-0.4, -0.2) is 47.8 Å². The molecule has 2 amide bonds. The Morgan fingerprint density at radius 1 is 1.30 bits per heavy atom. The molecule has 0 aromatic heterocycles. The summed E-state index contributed by atoms with van der Waals surface area (Å²) in [6.45, 7) is 8.27. The number of carbonyl (C=O) groups excluding carboxylic acids is 2. The summed E-state index contributed by atoms with van der Waals surface area (Å²) >= 11 is 0. The van der Waals surface area contributed by atoms with E-state index in [1.807, 2.05) is 6.92 Å². The molecular weight excluding hydrogens is 313 g/mol. The van der Waals surface area contributed by atoms with E-state index in [1.54, 1.807) is 27.7 Å². The minimum absolute atomic E-state index is 0.0893. The van der Waals surface area contributed by atoms with Gasteiger partial charge in [-0.1, -0.05) is 12.5 Å². The second-order valence-corrected chi connectivity index (χ2v) is 6.54. The van der Waals surface area contributed by atoms with E-state index in [1.165, 1.54) is 0 Å². The maximum absolute atomic E-state index is 12.6. The number of ether oxygens (including phenoxy) is 1. The van der Waals surface area contributed by atoms with E-state index in [0.717, 1.165) is 5.57 Å². The van der Waals surface area contributed by atoms with E-state index in [0.29, 0.717) is 16.9 Å². The highest BCUT2D eigenvalue weighted by molar-refractivity contribution is 5.82. The van der Waals surface area contributed by atoms with Crippen molar-refractivity contribution in [2.45, 2.75) is 58.9 Å². The van der Waals surface area contributed by atoms with Crippen molar-refractivity contribution in [1.29, 1.82) is 0 Å². The van der Waals surface area contributed by atoms with E-state index < -0.39 is 29.8 Å². The number of halogens is 3. The topological polar surface area (TPSA) is 58.6 Å². The zero-order valence-corrected chi connectivity index (χ0v) is 14.0. The number of rotatable bonds is 2. The van der Waals surface area contributed by atoms with Crippen molar-refractivity contribution >= 4 is 12.0 Å². The van der Waals surface area contributed by atoms with Crippen molar-refractivity contribution < 1.29 is 27.5 Å². The van der Waals surface area contributed by atoms with Gasteiger partial charge < -0.3 is 15.0 Å². The molecule has 0 saturated carbocycles. The number of hydrogen-bond acceptors (Lipinski definition) is 3. The first-order chi connectivity index (χ1) is 10.3. The SMILES string of the molecule is CCC1=C(C)CN(C(=O)C(F)(F)F)CC1NC(=O)OC(C)(C)C. The van der Waals surface area contributed by atoms with Crippen LogP contribution >= 0.6 is 0 Å². The molecule has 0 bridgehead atoms. The first-order valence-corrected chi connectivity index (χ1v) is 7.39. The smallest absolute Gasteiger partial charge is 0.444 e. The second-order valence-electron chi connectivity index (χ2n) is 6.54. The molecule has 5 nitrogen and oxygen atoms in total. The van der Waals surface area contributed by atoms with Gasteiger partial charge in [-0.25, -0.2) is 4.79 Å². The lowest BCUT2D eigenvalue weighted by molar-refractivity contribution is -0.185. The van der Waals surface area contributed by atoms with E-state index in [9.17, 15) is 22.8 Å². The third-order valence-corrected chi connectivity index (χ3v) is 3.40. The number of nitrogens with one attached hydrogen (secondary N) is 1. The molecule has 0 aromatic rings. The van der Waals surface area contributed by atoms with Crippen LogP contribution in [0.3, 0.4) is 0 Å². The molecule has 1 heterocycles. The number of alkyl carbamates (subject to hydrolysis) is 1. The first kappa shape index (κ1) is 19.3. The molecule has 1 aliphatic heterocycles. The van der Waals surface area contributed by atoms with Crippen LogP contribution in [0.4, 0.5) is 18.0 Å². The Hall–Kier alpha value is -1.73. The number of alkyl halides is 3. The number of nitrogens with zero attached hydrogens (tertiary/aromatic N) is 1. The molecule has 1 unspecified atom stereocenters. The van der Waals surface area contributed by atoms with Crippen LogP contribution in [0.2, 0.25) is 0 Å². The van der Waals surface area contributed by atoms with Crippen molar-refractivity contribution in [2.24, 2.45) is 0 Å². The molecule has 1 atom stereocenters. The molecule has 0 aliphatic carbocycles. The Balaban J connectivity index is 2.93. The van der Waals surface area contributed by atoms with Gasteiger partial charge >= 0.3 is 18.2 Å². The molecule has 0 saturated heterocycles. The standard InChI is InChI=1S/C15H23F3N2O3/c1-6-10-9(2)7-20(12(21)15(16,17)18)8-11(10)19-13(22)23-14(3,4)5/h11H,6-8H2,1-5H3,(H,19,22). The lowest BCUT2D eigenvalue weighted by Crippen LogP contribution is -2.54. The van der Waals surface area contributed by atoms with Gasteiger partial charge in [0.05, 0.1) is 6.04 Å². The summed E-state index contributed by atoms with van der Waals surface area (Å²) in [7, 11) is 0. The molecule has 0 fully saturated rings. The zero-order chi connectivity index (χ0) is 18.0. The van der Waals surface area contributed by atoms with Gasteiger partial charge in [-0.15, -0.1) is 0 Å². The first-order valence-electron chi connectivity index (χ1n) is 7.39. The maximum Gasteiger partial charge on any atom is 0.471 e. The highest BCUT2D eigenvalue weighted by atomic mass is 19.4. The summed E-state index contributed by atoms with van der Waals surface area (Å²) in [5, 5.41) is 2.56. The van der Waals surface area contributed by atoms with Gasteiger partial charge in [0.2, 0.25) is 0 Å². The minimum atomic E-state index is -4.93. The molecule has 1 N–H and O–H groups in total. The quantitative estimate of drug-likeness (QED) is 0.789. The van der Waals surface area contributed by atoms with Crippen LogP contribution in [0.5, 0.6) is 0 Å². The van der Waals surface area contributed by atoms with Crippen molar-refractivity contribution in [3.8, 4) is 0 Å². The summed E-state index contributed by atoms with van der Waals surface area (Å²) in [5.74, 6) is -1.90. The van der Waals surface area contributed by atoms with Crippen LogP contribution in [0.15, 0.2) is 11.1 Å². The molecule has 8 heteroatoms. The molecule has 1 aliphatic rings. The van der Waals surface area contributed by atoms with Crippen LogP contribution in [0.1, 0.15) is 41.0 Å². The third kappa shape index (κ3) is 5.44. The molecule has 23 heavy (non-hydrogen) atoms. The second kappa shape index (κ2) is 6.80. The Labute approximate surface area is 133 Å². The lowest BCUT2D eigenvalue weighted by Gasteiger charge is -2.36. The molecule has 0 aromatic carbocycles. The Kier molecular flexibility index (Phi) is 5.71. The van der Waals surface area contributed by atoms with E-state index >= 15 is 0 Å². The van der Waals surface area contributed by atoms with Crippen LogP contribution in [-0.2, 0) is 9.53 Å². The summed E-state index contributed by atoms with van der Waals surface area (Å²) in [6, 6.07) is -0.685. The van der Waals surface area contributed by atoms with E-state index in [4.69, 9.17) is 4.74 Å². The monoisotopic (exact) mass is 336 g/mol. The third-order valence-electron chi connectivity index (χ3n) is 3.40. The largest absolute Gasteiger partial charge is 0.471 e. The summed E-state index contributed by atoms with van der Waals surface area (Å²) < 4.78 is 43.0. The number of carbonyl (C=O) groups is 2. The average Bonchev–Trinajstić information content (AvgIpc) is 2.33. The van der Waals surface area contributed by atoms with Crippen LogP contribution in [0.25, 0.3) is 0 Å². The summed E-state index contributed by atoms with van der Waals surface area (Å²) in [4.78, 5) is 24.0. The average molecular weight is 336 g/mol. The minimum Gasteiger partial charge on any atom is -0.444 e. The highest BCUT2D eigenvalue weighted by Gasteiger charge is 2.44. The van der Waals surface area contributed by atoms with Gasteiger partial charge in [-0.05, 0) is 39.7 Å². The number of amides is 2. The van der Waals surface area contributed by atoms with Crippen molar-refractivity contribution in [3.63, 3.8) is 0 Å². The van der Waals surface area contributed by atoms with E-state index in [2.05, 4.69) is 5.32 Å². The Morgan fingerprint density at radius 2 is 1.87 bits per heavy atom. The van der Waals surface area contributed by atoms with Crippen LogP contribution in [0, 0.1) is 0 Å².